The molecule has 0 radical (unpaired) electrons. The van der Waals surface area contributed by atoms with Crippen molar-refractivity contribution in [2.75, 3.05) is 6.61 Å². The number of nitrogens with zero attached hydrogens (tertiary/aromatic N) is 2. The van der Waals surface area contributed by atoms with Crippen LogP contribution in [0, 0.1) is 10.9 Å². The predicted molar refractivity (Wildman–Crippen MR) is 115 cm³/mol. The molecule has 8 heteroatoms. The maximum absolute atomic E-state index is 12.8. The molecule has 4 rings (SSSR count). The summed E-state index contributed by atoms with van der Waals surface area (Å²) >= 11 is 6.57. The summed E-state index contributed by atoms with van der Waals surface area (Å²) in [5, 5.41) is 12.3. The Balaban J connectivity index is 1.96. The van der Waals surface area contributed by atoms with Crippen molar-refractivity contribution in [3.63, 3.8) is 0 Å². The number of ether oxygens (including phenoxy) is 1. The number of carbonyl (C=O) groups is 2. The lowest BCUT2D eigenvalue weighted by Gasteiger charge is -2.18. The van der Waals surface area contributed by atoms with Crippen LogP contribution in [0.2, 0.25) is 0 Å². The monoisotopic (exact) mass is 438 g/mol. The number of amides is 1. The number of carbonyl (C=O) groups excluding carboxylic acids is 2. The van der Waals surface area contributed by atoms with E-state index in [1.807, 2.05) is 25.1 Å². The van der Waals surface area contributed by atoms with Gasteiger partial charge >= 0.3 is 5.97 Å². The molecule has 3 aromatic rings. The lowest BCUT2D eigenvalue weighted by molar-refractivity contribution is -0.145. The van der Waals surface area contributed by atoms with Gasteiger partial charge in [0, 0.05) is 5.22 Å². The molecule has 1 unspecified atom stereocenters. The molecule has 0 spiro atoms. The first kappa shape index (κ1) is 20.2. The van der Waals surface area contributed by atoms with E-state index in [0.29, 0.717) is 21.0 Å². The van der Waals surface area contributed by atoms with Crippen molar-refractivity contribution in [3.8, 4) is 5.88 Å². The first-order valence-electron chi connectivity index (χ1n) is 9.32. The molecule has 0 bridgehead atoms. The molecule has 0 aliphatic carbocycles. The topological polar surface area (TPSA) is 80.9 Å². The van der Waals surface area contributed by atoms with E-state index in [2.05, 4.69) is 4.99 Å². The summed E-state index contributed by atoms with van der Waals surface area (Å²) in [6, 6.07) is 13.5. The fraction of sp³-hybridized carbons (Fsp3) is 0.182. The zero-order chi connectivity index (χ0) is 21.4. The van der Waals surface area contributed by atoms with E-state index in [0.717, 1.165) is 16.9 Å². The fourth-order valence-electron chi connectivity index (χ4n) is 3.46. The van der Waals surface area contributed by atoms with E-state index in [1.165, 1.54) is 4.57 Å². The highest BCUT2D eigenvalue weighted by molar-refractivity contribution is 7.73. The molecule has 1 aromatic heterocycles. The lowest BCUT2D eigenvalue weighted by atomic mass is 10.1. The second-order valence-electron chi connectivity index (χ2n) is 6.77. The van der Waals surface area contributed by atoms with Gasteiger partial charge in [-0.15, -0.1) is 11.3 Å². The number of hydrogen-bond donors (Lipinski definition) is 1. The SMILES string of the molecule is CCOC(=O)C(c1ccccc1)n1c(O)c(C2=c3cc(C)ccc3=NC2=O)sc1=S. The van der Waals surface area contributed by atoms with E-state index < -0.39 is 17.9 Å². The van der Waals surface area contributed by atoms with Crippen molar-refractivity contribution in [3.05, 3.63) is 79.1 Å². The smallest absolute Gasteiger partial charge is 0.333 e. The number of rotatable bonds is 5. The van der Waals surface area contributed by atoms with E-state index >= 15 is 0 Å². The molecule has 0 saturated heterocycles. The minimum Gasteiger partial charge on any atom is -0.493 e. The molecule has 152 valence electrons. The van der Waals surface area contributed by atoms with E-state index in [-0.39, 0.29) is 22.0 Å². The standard InChI is InChI=1S/C22H18N2O4S2/c1-3-28-21(27)17(13-7-5-4-6-8-13)24-20(26)18(30-22(24)29)16-14-11-12(2)9-10-15(14)23-19(16)25/h4-11,17,26H,3H2,1-2H3. The van der Waals surface area contributed by atoms with E-state index in [9.17, 15) is 14.7 Å². The molecule has 0 saturated carbocycles. The Hall–Kier alpha value is -3.10. The highest BCUT2D eigenvalue weighted by Gasteiger charge is 2.32. The van der Waals surface area contributed by atoms with Gasteiger partial charge in [0.05, 0.1) is 17.5 Å². The van der Waals surface area contributed by atoms with Crippen molar-refractivity contribution < 1.29 is 19.4 Å². The second kappa shape index (κ2) is 7.97. The number of aromatic nitrogens is 1. The average Bonchev–Trinajstić information content (AvgIpc) is 3.19. The largest absolute Gasteiger partial charge is 0.493 e. The number of esters is 1. The molecule has 30 heavy (non-hydrogen) atoms. The highest BCUT2D eigenvalue weighted by Crippen LogP contribution is 2.37. The molecule has 1 N–H and O–H groups in total. The molecule has 1 amide bonds. The van der Waals surface area contributed by atoms with Crippen LogP contribution in [-0.2, 0) is 14.3 Å². The summed E-state index contributed by atoms with van der Waals surface area (Å²) in [5.74, 6) is -1.23. The molecule has 1 atom stereocenters. The van der Waals surface area contributed by atoms with Gasteiger partial charge in [-0.05, 0) is 43.8 Å². The van der Waals surface area contributed by atoms with Gasteiger partial charge in [-0.25, -0.2) is 9.79 Å². The third-order valence-corrected chi connectivity index (χ3v) is 6.19. The first-order chi connectivity index (χ1) is 14.4. The Morgan fingerprint density at radius 3 is 2.70 bits per heavy atom. The van der Waals surface area contributed by atoms with Crippen molar-refractivity contribution in [1.82, 2.24) is 4.57 Å². The molecule has 2 heterocycles. The van der Waals surface area contributed by atoms with Gasteiger partial charge in [0.25, 0.3) is 5.91 Å². The minimum atomic E-state index is -0.963. The number of aromatic hydroxyl groups is 1. The number of thiazole rings is 1. The highest BCUT2D eigenvalue weighted by atomic mass is 32.1. The van der Waals surface area contributed by atoms with Crippen molar-refractivity contribution >= 4 is 41.0 Å². The number of aryl methyl sites for hydroxylation is 1. The van der Waals surface area contributed by atoms with Gasteiger partial charge in [-0.1, -0.05) is 42.0 Å². The fourth-order valence-corrected chi connectivity index (χ4v) is 4.86. The van der Waals surface area contributed by atoms with Crippen LogP contribution in [0.25, 0.3) is 5.57 Å². The van der Waals surface area contributed by atoms with Gasteiger partial charge in [-0.3, -0.25) is 9.36 Å². The number of fused-ring (bicyclic) bond motifs is 1. The van der Waals surface area contributed by atoms with Crippen LogP contribution < -0.4 is 10.6 Å². The quantitative estimate of drug-likeness (QED) is 0.489. The summed E-state index contributed by atoms with van der Waals surface area (Å²) < 4.78 is 6.85. The van der Waals surface area contributed by atoms with Gasteiger partial charge in [-0.2, -0.15) is 0 Å². The van der Waals surface area contributed by atoms with Gasteiger partial charge in [0.2, 0.25) is 5.88 Å². The molecule has 1 aliphatic rings. The third kappa shape index (κ3) is 3.38. The molecule has 2 aromatic carbocycles. The maximum Gasteiger partial charge on any atom is 0.333 e. The summed E-state index contributed by atoms with van der Waals surface area (Å²) in [7, 11) is 0. The van der Waals surface area contributed by atoms with Gasteiger partial charge in [0.15, 0.2) is 10.00 Å². The number of benzene rings is 2. The zero-order valence-corrected chi connectivity index (χ0v) is 17.9. The van der Waals surface area contributed by atoms with Crippen molar-refractivity contribution in [1.29, 1.82) is 0 Å². The Labute approximate surface area is 181 Å². The summed E-state index contributed by atoms with van der Waals surface area (Å²) in [6.07, 6.45) is 0. The normalized spacial score (nSPS) is 13.7. The summed E-state index contributed by atoms with van der Waals surface area (Å²) in [6.45, 7) is 3.82. The summed E-state index contributed by atoms with van der Waals surface area (Å²) in [4.78, 5) is 29.8. The van der Waals surface area contributed by atoms with Crippen LogP contribution in [0.3, 0.4) is 0 Å². The van der Waals surface area contributed by atoms with Gasteiger partial charge < -0.3 is 9.84 Å². The maximum atomic E-state index is 12.8. The molecule has 0 fully saturated rings. The first-order valence-corrected chi connectivity index (χ1v) is 10.5. The zero-order valence-electron chi connectivity index (χ0n) is 16.3. The molecule has 1 aliphatic heterocycles. The van der Waals surface area contributed by atoms with Crippen LogP contribution in [0.5, 0.6) is 5.88 Å². The van der Waals surface area contributed by atoms with E-state index in [1.54, 1.807) is 37.3 Å². The molecular weight excluding hydrogens is 420 g/mol. The van der Waals surface area contributed by atoms with Crippen LogP contribution in [0.1, 0.15) is 29.0 Å². The Morgan fingerprint density at radius 2 is 2.00 bits per heavy atom. The predicted octanol–water partition coefficient (Wildman–Crippen LogP) is 2.80. The second-order valence-corrected chi connectivity index (χ2v) is 8.41. The molecular formula is C22H18N2O4S2. The van der Waals surface area contributed by atoms with Gasteiger partial charge in [0.1, 0.15) is 4.88 Å². The Bertz CT molecular complexity index is 1340. The average molecular weight is 439 g/mol. The number of hydrogen-bond acceptors (Lipinski definition) is 6. The molecule has 6 nitrogen and oxygen atoms in total. The van der Waals surface area contributed by atoms with Crippen molar-refractivity contribution in [2.24, 2.45) is 4.99 Å². The van der Waals surface area contributed by atoms with Crippen molar-refractivity contribution in [2.45, 2.75) is 19.9 Å². The van der Waals surface area contributed by atoms with Crippen LogP contribution in [0.4, 0.5) is 0 Å². The Morgan fingerprint density at radius 1 is 1.27 bits per heavy atom. The summed E-state index contributed by atoms with van der Waals surface area (Å²) in [5.41, 5.74) is 1.87. The van der Waals surface area contributed by atoms with Crippen LogP contribution in [0.15, 0.2) is 53.5 Å². The van der Waals surface area contributed by atoms with Crippen LogP contribution in [-0.4, -0.2) is 28.2 Å². The minimum absolute atomic E-state index is 0.189. The van der Waals surface area contributed by atoms with E-state index in [4.69, 9.17) is 17.0 Å². The third-order valence-electron chi connectivity index (χ3n) is 4.79. The lowest BCUT2D eigenvalue weighted by Crippen LogP contribution is -2.24. The Kier molecular flexibility index (Phi) is 5.36. The van der Waals surface area contributed by atoms with Crippen LogP contribution >= 0.6 is 23.6 Å².